The number of fused-ring (bicyclic) bond motifs is 1. The number of nitrogens with one attached hydrogen (secondary N) is 3. The van der Waals surface area contributed by atoms with Crippen LogP contribution in [0.1, 0.15) is 0 Å². The fraction of sp³-hybridized carbons (Fsp3) is 0. The third-order valence-electron chi connectivity index (χ3n) is 2.54. The quantitative estimate of drug-likeness (QED) is 0.374. The van der Waals surface area contributed by atoms with Gasteiger partial charge in [0.25, 0.3) is 5.56 Å². The van der Waals surface area contributed by atoms with Gasteiger partial charge in [0, 0.05) is 11.6 Å². The van der Waals surface area contributed by atoms with Crippen LogP contribution in [0, 0.1) is 11.2 Å². The molecule has 118 valence electrons. The summed E-state index contributed by atoms with van der Waals surface area (Å²) in [5, 5.41) is 18.7. The van der Waals surface area contributed by atoms with Crippen molar-refractivity contribution >= 4 is 28.2 Å². The third kappa shape index (κ3) is 5.66. The number of aromatic amines is 2. The molecule has 0 aliphatic rings. The minimum Gasteiger partial charge on any atom is -0.507 e. The maximum atomic E-state index is 12.0. The first-order chi connectivity index (χ1) is 11.0. The summed E-state index contributed by atoms with van der Waals surface area (Å²) in [4.78, 5) is 24.0. The van der Waals surface area contributed by atoms with E-state index < -0.39 is 17.1 Å². The summed E-state index contributed by atoms with van der Waals surface area (Å²) in [6.45, 7) is 0. The number of phenolic OH excluding ortho intramolecular Hbond substituents is 1. The zero-order valence-corrected chi connectivity index (χ0v) is 12.5. The highest BCUT2D eigenvalue weighted by atomic mass is 32.1. The number of isothiocyanates is 1. The number of benzene rings is 2. The number of H-pyrrole nitrogens is 2. The molecule has 0 saturated heterocycles. The van der Waals surface area contributed by atoms with Crippen molar-refractivity contribution in [3.8, 4) is 5.75 Å². The van der Waals surface area contributed by atoms with E-state index in [1.807, 2.05) is 41.4 Å². The Morgan fingerprint density at radius 3 is 2.30 bits per heavy atom. The Morgan fingerprint density at radius 2 is 1.74 bits per heavy atom. The van der Waals surface area contributed by atoms with Crippen molar-refractivity contribution < 1.29 is 9.50 Å². The molecule has 0 atom stereocenters. The minimum atomic E-state index is -1.00. The zero-order chi connectivity index (χ0) is 17.2. The van der Waals surface area contributed by atoms with Crippen LogP contribution in [0.15, 0.2) is 58.3 Å². The van der Waals surface area contributed by atoms with Gasteiger partial charge in [-0.25, -0.2) is 10.2 Å². The number of rotatable bonds is 0. The highest BCUT2D eigenvalue weighted by molar-refractivity contribution is 7.78. The number of aromatic nitrogens is 2. The van der Waals surface area contributed by atoms with E-state index >= 15 is 0 Å². The number of phenols is 1. The molecule has 1 heterocycles. The second kappa shape index (κ2) is 9.04. The highest BCUT2D eigenvalue weighted by Gasteiger charge is 1.94. The molecule has 0 bridgehead atoms. The molecule has 8 heteroatoms. The lowest BCUT2D eigenvalue weighted by Crippen LogP contribution is -2.23. The van der Waals surface area contributed by atoms with Crippen molar-refractivity contribution in [3.05, 3.63) is 75.3 Å². The molecule has 2 aromatic carbocycles. The number of aromatic hydroxyl groups is 1. The van der Waals surface area contributed by atoms with Crippen LogP contribution < -0.4 is 11.2 Å². The Balaban J connectivity index is 0.000000200. The maximum Gasteiger partial charge on any atom is 0.325 e. The van der Waals surface area contributed by atoms with Crippen LogP contribution in [0.25, 0.3) is 10.8 Å². The molecule has 0 saturated carbocycles. The predicted molar refractivity (Wildman–Crippen MR) is 88.6 cm³/mol. The molecule has 0 radical (unpaired) electrons. The summed E-state index contributed by atoms with van der Waals surface area (Å²) in [6, 6.07) is 13.3. The van der Waals surface area contributed by atoms with Gasteiger partial charge < -0.3 is 10.1 Å². The van der Waals surface area contributed by atoms with Crippen molar-refractivity contribution in [2.75, 3.05) is 0 Å². The first-order valence-electron chi connectivity index (χ1n) is 6.17. The van der Waals surface area contributed by atoms with Crippen LogP contribution in [0.4, 0.5) is 4.39 Å². The van der Waals surface area contributed by atoms with Crippen LogP contribution in [0.5, 0.6) is 5.75 Å². The van der Waals surface area contributed by atoms with Crippen molar-refractivity contribution in [2.45, 2.75) is 0 Å². The van der Waals surface area contributed by atoms with Gasteiger partial charge in [0.05, 0.1) is 5.16 Å². The molecule has 4 N–H and O–H groups in total. The zero-order valence-electron chi connectivity index (χ0n) is 11.7. The van der Waals surface area contributed by atoms with Gasteiger partial charge in [-0.2, -0.15) is 4.39 Å². The van der Waals surface area contributed by atoms with E-state index in [-0.39, 0.29) is 0 Å². The summed E-state index contributed by atoms with van der Waals surface area (Å²) in [7, 11) is 0. The van der Waals surface area contributed by atoms with Gasteiger partial charge in [-0.3, -0.25) is 9.78 Å². The van der Waals surface area contributed by atoms with Crippen molar-refractivity contribution in [1.82, 2.24) is 9.97 Å². The fourth-order valence-corrected chi connectivity index (χ4v) is 1.60. The molecule has 0 unspecified atom stereocenters. The summed E-state index contributed by atoms with van der Waals surface area (Å²) in [5.74, 6) is -0.641. The van der Waals surface area contributed by atoms with Gasteiger partial charge in [-0.05, 0) is 23.7 Å². The molecule has 3 rings (SSSR count). The molecule has 6 nitrogen and oxygen atoms in total. The molecule has 0 amide bonds. The van der Waals surface area contributed by atoms with Gasteiger partial charge in [-0.15, -0.1) is 0 Å². The van der Waals surface area contributed by atoms with Crippen LogP contribution in [-0.2, 0) is 0 Å². The van der Waals surface area contributed by atoms with E-state index in [9.17, 15) is 19.1 Å². The molecule has 0 aliphatic carbocycles. The van der Waals surface area contributed by atoms with Gasteiger partial charge in [0.2, 0.25) is 5.82 Å². The lowest BCUT2D eigenvalue weighted by atomic mass is 10.1. The lowest BCUT2D eigenvalue weighted by molar-refractivity contribution is 0.481. The lowest BCUT2D eigenvalue weighted by Gasteiger charge is -1.97. The Labute approximate surface area is 134 Å². The average molecular weight is 333 g/mol. The summed E-state index contributed by atoms with van der Waals surface area (Å²) in [6.07, 6.45) is 0.709. The van der Waals surface area contributed by atoms with Crippen LogP contribution in [-0.4, -0.2) is 20.2 Å². The number of hydrogen-bond donors (Lipinski definition) is 4. The van der Waals surface area contributed by atoms with Crippen molar-refractivity contribution in [3.63, 3.8) is 0 Å². The average Bonchev–Trinajstić information content (AvgIpc) is 2.53. The molecule has 0 aliphatic heterocycles. The first kappa shape index (κ1) is 18.0. The molecule has 1 aromatic heterocycles. The van der Waals surface area contributed by atoms with Crippen LogP contribution in [0.3, 0.4) is 0 Å². The standard InChI is InChI=1S/C10H8O.C4H3FN2O2.CHNS/c11-10-7-3-5-8-4-1-2-6-9(8)10;5-2-1-6-4(9)7-3(2)8;2-1-3/h1-7,11H;1H,(H2,6,7,8,9);2H. The van der Waals surface area contributed by atoms with E-state index in [0.29, 0.717) is 11.9 Å². The Kier molecular flexibility index (Phi) is 7.06. The molecular formula is C15H12FN3O3S. The van der Waals surface area contributed by atoms with Gasteiger partial charge in [-0.1, -0.05) is 36.4 Å². The first-order valence-corrected chi connectivity index (χ1v) is 6.58. The monoisotopic (exact) mass is 333 g/mol. The van der Waals surface area contributed by atoms with E-state index in [1.165, 1.54) is 0 Å². The summed E-state index contributed by atoms with van der Waals surface area (Å²) < 4.78 is 12.0. The van der Waals surface area contributed by atoms with E-state index in [4.69, 9.17) is 5.41 Å². The second-order valence-electron chi connectivity index (χ2n) is 4.02. The number of halogens is 1. The SMILES string of the molecule is N=C=S.O=c1[nH]cc(F)c(=O)[nH]1.Oc1cccc2ccccc12. The molecule has 0 fully saturated rings. The van der Waals surface area contributed by atoms with Gasteiger partial charge in [0.1, 0.15) is 5.75 Å². The van der Waals surface area contributed by atoms with E-state index in [2.05, 4.69) is 12.2 Å². The molecule has 23 heavy (non-hydrogen) atoms. The molecular weight excluding hydrogens is 321 g/mol. The highest BCUT2D eigenvalue weighted by Crippen LogP contribution is 2.22. The Hall–Kier alpha value is -3.09. The van der Waals surface area contributed by atoms with Crippen molar-refractivity contribution in [1.29, 1.82) is 5.41 Å². The van der Waals surface area contributed by atoms with Crippen LogP contribution >= 0.6 is 12.2 Å². The summed E-state index contributed by atoms with van der Waals surface area (Å²) in [5.41, 5.74) is -1.71. The van der Waals surface area contributed by atoms with Crippen LogP contribution in [0.2, 0.25) is 0 Å². The smallest absolute Gasteiger partial charge is 0.325 e. The molecule has 3 aromatic rings. The Bertz CT molecular complexity index is 925. The maximum absolute atomic E-state index is 12.0. The topological polar surface area (TPSA) is 110 Å². The second-order valence-corrected chi connectivity index (χ2v) is 4.22. The van der Waals surface area contributed by atoms with E-state index in [1.54, 1.807) is 16.2 Å². The normalized spacial score (nSPS) is 8.91. The Morgan fingerprint density at radius 1 is 1.13 bits per heavy atom. The van der Waals surface area contributed by atoms with Gasteiger partial charge >= 0.3 is 5.69 Å². The predicted octanol–water partition coefficient (Wildman–Crippen LogP) is 2.42. The fourth-order valence-electron chi connectivity index (χ4n) is 1.60. The van der Waals surface area contributed by atoms with E-state index in [0.717, 1.165) is 10.8 Å². The number of thiocarbonyl (C=S) groups is 1. The molecule has 0 spiro atoms. The van der Waals surface area contributed by atoms with Crippen molar-refractivity contribution in [2.24, 2.45) is 0 Å². The summed E-state index contributed by atoms with van der Waals surface area (Å²) >= 11 is 3.81. The largest absolute Gasteiger partial charge is 0.507 e. The third-order valence-corrected chi connectivity index (χ3v) is 2.54. The minimum absolute atomic E-state index is 0.350. The number of hydrogen-bond acceptors (Lipinski definition) is 5. The van der Waals surface area contributed by atoms with Gasteiger partial charge in [0.15, 0.2) is 0 Å².